The van der Waals surface area contributed by atoms with E-state index in [1.54, 1.807) is 11.9 Å². The van der Waals surface area contributed by atoms with Crippen LogP contribution in [0.25, 0.3) is 16.9 Å². The molecule has 0 radical (unpaired) electrons. The topological polar surface area (TPSA) is 66.3 Å². The lowest BCUT2D eigenvalue weighted by Crippen LogP contribution is -2.30. The number of H-pyrrole nitrogens is 1. The average Bonchev–Trinajstić information content (AvgIpc) is 3.32. The van der Waals surface area contributed by atoms with Crippen molar-refractivity contribution in [2.24, 2.45) is 0 Å². The molecular weight excluding hydrogens is 338 g/mol. The minimum Gasteiger partial charge on any atom is -0.333 e. The van der Waals surface area contributed by atoms with Gasteiger partial charge in [0.15, 0.2) is 0 Å². The van der Waals surface area contributed by atoms with E-state index in [4.69, 9.17) is 0 Å². The first-order chi connectivity index (χ1) is 13.0. The monoisotopic (exact) mass is 359 g/mol. The van der Waals surface area contributed by atoms with Crippen LogP contribution in [0.15, 0.2) is 60.9 Å². The molecule has 136 valence electrons. The van der Waals surface area contributed by atoms with Crippen molar-refractivity contribution in [3.63, 3.8) is 0 Å². The quantitative estimate of drug-likeness (QED) is 0.601. The number of carbonyl (C=O) groups excluding carboxylic acids is 1. The van der Waals surface area contributed by atoms with E-state index < -0.39 is 0 Å². The Balaban J connectivity index is 1.56. The van der Waals surface area contributed by atoms with Crippen LogP contribution in [0.1, 0.15) is 34.7 Å². The Kier molecular flexibility index (Phi) is 4.24. The molecule has 4 aromatic rings. The van der Waals surface area contributed by atoms with Gasteiger partial charge in [-0.1, -0.05) is 30.3 Å². The van der Waals surface area contributed by atoms with E-state index in [9.17, 15) is 4.79 Å². The first-order valence-corrected chi connectivity index (χ1v) is 8.86. The number of nitrogens with one attached hydrogen (secondary N) is 1. The van der Waals surface area contributed by atoms with Gasteiger partial charge in [-0.25, -0.2) is 4.98 Å². The Labute approximate surface area is 157 Å². The molecule has 0 aliphatic carbocycles. The van der Waals surface area contributed by atoms with Crippen LogP contribution in [0.2, 0.25) is 0 Å². The number of nitrogens with zero attached hydrogens (tertiary/aromatic N) is 4. The van der Waals surface area contributed by atoms with Gasteiger partial charge in [0.25, 0.3) is 5.91 Å². The zero-order valence-electron chi connectivity index (χ0n) is 15.5. The van der Waals surface area contributed by atoms with Gasteiger partial charge in [0.1, 0.15) is 5.65 Å². The second kappa shape index (κ2) is 6.72. The summed E-state index contributed by atoms with van der Waals surface area (Å²) in [6.45, 7) is 3.92. The van der Waals surface area contributed by atoms with Crippen LogP contribution < -0.4 is 0 Å². The highest BCUT2D eigenvalue weighted by atomic mass is 16.2. The molecule has 6 nitrogen and oxygen atoms in total. The highest BCUT2D eigenvalue weighted by Crippen LogP contribution is 2.24. The van der Waals surface area contributed by atoms with Crippen molar-refractivity contribution in [1.29, 1.82) is 0 Å². The number of pyridine rings is 1. The molecule has 1 atom stereocenters. The average molecular weight is 359 g/mol. The summed E-state index contributed by atoms with van der Waals surface area (Å²) in [5.41, 5.74) is 5.19. The summed E-state index contributed by atoms with van der Waals surface area (Å²) in [4.78, 5) is 19.1. The van der Waals surface area contributed by atoms with Gasteiger partial charge in [-0.15, -0.1) is 0 Å². The fourth-order valence-corrected chi connectivity index (χ4v) is 3.14. The zero-order chi connectivity index (χ0) is 19.0. The summed E-state index contributed by atoms with van der Waals surface area (Å²) >= 11 is 0. The third kappa shape index (κ3) is 3.21. The fraction of sp³-hybridized carbons (Fsp3) is 0.190. The molecule has 0 bridgehead atoms. The molecule has 3 heterocycles. The molecule has 6 heteroatoms. The molecule has 0 saturated carbocycles. The number of benzene rings is 1. The number of rotatable bonds is 4. The molecule has 0 saturated heterocycles. The summed E-state index contributed by atoms with van der Waals surface area (Å²) in [6.07, 6.45) is 3.74. The number of amides is 1. The molecule has 1 N–H and O–H groups in total. The van der Waals surface area contributed by atoms with Crippen LogP contribution in [0.4, 0.5) is 0 Å². The molecule has 3 aromatic heterocycles. The number of imidazole rings is 1. The first-order valence-electron chi connectivity index (χ1n) is 8.86. The maximum atomic E-state index is 12.9. The van der Waals surface area contributed by atoms with E-state index >= 15 is 0 Å². The summed E-state index contributed by atoms with van der Waals surface area (Å²) in [7, 11) is 1.80. The second-order valence-corrected chi connectivity index (χ2v) is 6.73. The van der Waals surface area contributed by atoms with E-state index in [-0.39, 0.29) is 11.9 Å². The highest BCUT2D eigenvalue weighted by Gasteiger charge is 2.21. The Morgan fingerprint density at radius 3 is 2.70 bits per heavy atom. The number of hydrogen-bond acceptors (Lipinski definition) is 3. The van der Waals surface area contributed by atoms with Crippen molar-refractivity contribution in [3.8, 4) is 11.3 Å². The lowest BCUT2D eigenvalue weighted by atomic mass is 10.1. The van der Waals surface area contributed by atoms with Gasteiger partial charge in [0.2, 0.25) is 0 Å². The van der Waals surface area contributed by atoms with Crippen LogP contribution in [-0.4, -0.2) is 37.4 Å². The minimum atomic E-state index is -0.136. The predicted molar refractivity (Wildman–Crippen MR) is 104 cm³/mol. The lowest BCUT2D eigenvalue weighted by Gasteiger charge is -2.24. The fourth-order valence-electron chi connectivity index (χ4n) is 3.14. The smallest absolute Gasteiger partial charge is 0.255 e. The van der Waals surface area contributed by atoms with E-state index in [1.807, 2.05) is 79.2 Å². The van der Waals surface area contributed by atoms with Gasteiger partial charge in [-0.05, 0) is 32.0 Å². The molecule has 0 aliphatic heterocycles. The number of aromatic amines is 1. The number of carbonyl (C=O) groups is 1. The minimum absolute atomic E-state index is 0.0494. The van der Waals surface area contributed by atoms with E-state index in [1.165, 1.54) is 0 Å². The Morgan fingerprint density at radius 2 is 1.93 bits per heavy atom. The summed E-state index contributed by atoms with van der Waals surface area (Å²) in [6, 6.07) is 15.5. The van der Waals surface area contributed by atoms with E-state index in [2.05, 4.69) is 15.2 Å². The first kappa shape index (κ1) is 17.0. The number of fused-ring (bicyclic) bond motifs is 1. The van der Waals surface area contributed by atoms with Crippen molar-refractivity contribution in [1.82, 2.24) is 24.5 Å². The molecule has 0 spiro atoms. The molecule has 1 unspecified atom stereocenters. The SMILES string of the molecule is Cc1cn2cc(C(=O)N(C)C(C)c3cc(-c4ccccc4)n[nH]3)ccc2n1. The van der Waals surface area contributed by atoms with Crippen LogP contribution in [-0.2, 0) is 0 Å². The van der Waals surface area contributed by atoms with Crippen LogP contribution >= 0.6 is 0 Å². The van der Waals surface area contributed by atoms with Gasteiger partial charge < -0.3 is 9.30 Å². The number of aryl methyl sites for hydroxylation is 1. The van der Waals surface area contributed by atoms with Crippen molar-refractivity contribution < 1.29 is 4.79 Å². The van der Waals surface area contributed by atoms with E-state index in [0.717, 1.165) is 28.3 Å². The Bertz CT molecular complexity index is 1100. The van der Waals surface area contributed by atoms with E-state index in [0.29, 0.717) is 5.56 Å². The van der Waals surface area contributed by atoms with Crippen LogP contribution in [0, 0.1) is 6.92 Å². The van der Waals surface area contributed by atoms with Crippen molar-refractivity contribution in [2.45, 2.75) is 19.9 Å². The largest absolute Gasteiger partial charge is 0.333 e. The van der Waals surface area contributed by atoms with Gasteiger partial charge >= 0.3 is 0 Å². The van der Waals surface area contributed by atoms with Gasteiger partial charge in [-0.3, -0.25) is 9.89 Å². The molecule has 1 amide bonds. The van der Waals surface area contributed by atoms with Crippen LogP contribution in [0.5, 0.6) is 0 Å². The normalized spacial score (nSPS) is 12.3. The van der Waals surface area contributed by atoms with Gasteiger partial charge in [0, 0.05) is 25.0 Å². The number of hydrogen-bond donors (Lipinski definition) is 1. The highest BCUT2D eigenvalue weighted by molar-refractivity contribution is 5.94. The second-order valence-electron chi connectivity index (χ2n) is 6.73. The molecule has 0 fully saturated rings. The zero-order valence-corrected chi connectivity index (χ0v) is 15.5. The molecule has 4 rings (SSSR count). The molecule has 1 aromatic carbocycles. The summed E-state index contributed by atoms with van der Waals surface area (Å²) < 4.78 is 1.88. The third-order valence-electron chi connectivity index (χ3n) is 4.84. The van der Waals surface area contributed by atoms with Crippen molar-refractivity contribution >= 4 is 11.6 Å². The lowest BCUT2D eigenvalue weighted by molar-refractivity contribution is 0.0739. The summed E-state index contributed by atoms with van der Waals surface area (Å²) in [5, 5.41) is 7.46. The molecule has 27 heavy (non-hydrogen) atoms. The standard InChI is InChI=1S/C21H21N5O/c1-14-12-26-13-17(9-10-20(26)22-14)21(27)25(3)15(2)18-11-19(24-23-18)16-7-5-4-6-8-16/h4-13,15H,1-3H3,(H,23,24). The van der Waals surface area contributed by atoms with Crippen molar-refractivity contribution in [3.05, 3.63) is 77.9 Å². The Hall–Kier alpha value is -3.41. The molecule has 0 aliphatic rings. The van der Waals surface area contributed by atoms with Gasteiger partial charge in [0.05, 0.1) is 28.7 Å². The third-order valence-corrected chi connectivity index (χ3v) is 4.84. The summed E-state index contributed by atoms with van der Waals surface area (Å²) in [5.74, 6) is -0.0494. The molecular formula is C21H21N5O. The van der Waals surface area contributed by atoms with Gasteiger partial charge in [-0.2, -0.15) is 5.10 Å². The number of aromatic nitrogens is 4. The maximum absolute atomic E-state index is 12.9. The van der Waals surface area contributed by atoms with Crippen LogP contribution in [0.3, 0.4) is 0 Å². The Morgan fingerprint density at radius 1 is 1.15 bits per heavy atom. The predicted octanol–water partition coefficient (Wildman–Crippen LogP) is 3.87. The maximum Gasteiger partial charge on any atom is 0.255 e. The van der Waals surface area contributed by atoms with Crippen molar-refractivity contribution in [2.75, 3.05) is 7.05 Å².